The van der Waals surface area contributed by atoms with Crippen molar-refractivity contribution in [1.82, 2.24) is 10.6 Å². The third-order valence-electron chi connectivity index (χ3n) is 1.63. The molecular weight excluding hydrogens is 128 g/mol. The number of rotatable bonds is 2. The van der Waals surface area contributed by atoms with Crippen LogP contribution in [0.1, 0.15) is 12.8 Å². The fraction of sp³-hybridized carbons (Fsp3) is 0.714. The zero-order valence-corrected chi connectivity index (χ0v) is 6.06. The fourth-order valence-electron chi connectivity index (χ4n) is 1.09. The Morgan fingerprint density at radius 2 is 2.10 bits per heavy atom. The summed E-state index contributed by atoms with van der Waals surface area (Å²) in [5.41, 5.74) is 0. The van der Waals surface area contributed by atoms with Gasteiger partial charge in [-0.1, -0.05) is 6.08 Å². The molecule has 1 heterocycles. The van der Waals surface area contributed by atoms with E-state index in [0.29, 0.717) is 6.42 Å². The standard InChI is InChI=1S/C7H14N2O/c1-2-4-7(10)8-5-3-6-9-7/h2,8-10H,1,3-6H2. The Kier molecular flexibility index (Phi) is 2.43. The average molecular weight is 142 g/mol. The smallest absolute Gasteiger partial charge is 0.175 e. The summed E-state index contributed by atoms with van der Waals surface area (Å²) in [6.45, 7) is 5.30. The van der Waals surface area contributed by atoms with Gasteiger partial charge in [0.25, 0.3) is 0 Å². The molecular formula is C7H14N2O. The lowest BCUT2D eigenvalue weighted by Gasteiger charge is -2.33. The lowest BCUT2D eigenvalue weighted by atomic mass is 10.2. The van der Waals surface area contributed by atoms with E-state index in [-0.39, 0.29) is 0 Å². The lowest BCUT2D eigenvalue weighted by Crippen LogP contribution is -2.60. The summed E-state index contributed by atoms with van der Waals surface area (Å²) in [6.07, 6.45) is 3.32. The molecule has 0 bridgehead atoms. The van der Waals surface area contributed by atoms with Crippen molar-refractivity contribution in [3.8, 4) is 0 Å². The SMILES string of the molecule is C=CCC1(O)NCCCN1. The van der Waals surface area contributed by atoms with Crippen LogP contribution in [0.5, 0.6) is 0 Å². The topological polar surface area (TPSA) is 44.3 Å². The summed E-state index contributed by atoms with van der Waals surface area (Å²) < 4.78 is 0. The van der Waals surface area contributed by atoms with Crippen molar-refractivity contribution in [2.24, 2.45) is 0 Å². The molecule has 3 heteroatoms. The fourth-order valence-corrected chi connectivity index (χ4v) is 1.09. The molecule has 0 atom stereocenters. The van der Waals surface area contributed by atoms with E-state index in [9.17, 15) is 5.11 Å². The first kappa shape index (κ1) is 7.72. The van der Waals surface area contributed by atoms with Crippen LogP contribution in [0.4, 0.5) is 0 Å². The van der Waals surface area contributed by atoms with Gasteiger partial charge in [-0.05, 0) is 6.42 Å². The van der Waals surface area contributed by atoms with Crippen molar-refractivity contribution in [1.29, 1.82) is 0 Å². The number of aliphatic hydroxyl groups is 1. The van der Waals surface area contributed by atoms with Gasteiger partial charge < -0.3 is 5.11 Å². The lowest BCUT2D eigenvalue weighted by molar-refractivity contribution is -0.0379. The molecule has 1 aliphatic heterocycles. The highest BCUT2D eigenvalue weighted by atomic mass is 16.3. The Morgan fingerprint density at radius 3 is 2.60 bits per heavy atom. The van der Waals surface area contributed by atoms with E-state index in [1.807, 2.05) is 0 Å². The maximum Gasteiger partial charge on any atom is 0.175 e. The molecule has 0 radical (unpaired) electrons. The van der Waals surface area contributed by atoms with E-state index in [1.54, 1.807) is 6.08 Å². The van der Waals surface area contributed by atoms with Crippen molar-refractivity contribution in [2.75, 3.05) is 13.1 Å². The molecule has 0 aromatic carbocycles. The molecule has 0 aliphatic carbocycles. The molecule has 0 aromatic heterocycles. The number of hydrogen-bond acceptors (Lipinski definition) is 3. The van der Waals surface area contributed by atoms with E-state index in [2.05, 4.69) is 17.2 Å². The Balaban J connectivity index is 2.39. The maximum atomic E-state index is 9.58. The number of hydrogen-bond donors (Lipinski definition) is 3. The van der Waals surface area contributed by atoms with Gasteiger partial charge in [0.2, 0.25) is 0 Å². The van der Waals surface area contributed by atoms with Crippen LogP contribution in [-0.2, 0) is 0 Å². The molecule has 0 amide bonds. The first-order chi connectivity index (χ1) is 4.77. The highest BCUT2D eigenvalue weighted by molar-refractivity contribution is 4.84. The van der Waals surface area contributed by atoms with Gasteiger partial charge in [-0.25, -0.2) is 0 Å². The molecule has 1 saturated heterocycles. The minimum atomic E-state index is -0.889. The Morgan fingerprint density at radius 1 is 1.50 bits per heavy atom. The van der Waals surface area contributed by atoms with Crippen molar-refractivity contribution in [3.05, 3.63) is 12.7 Å². The third kappa shape index (κ3) is 1.80. The summed E-state index contributed by atoms with van der Waals surface area (Å²) in [7, 11) is 0. The molecule has 1 rings (SSSR count). The highest BCUT2D eigenvalue weighted by Crippen LogP contribution is 2.05. The van der Waals surface area contributed by atoms with E-state index < -0.39 is 5.85 Å². The number of nitrogens with one attached hydrogen (secondary N) is 2. The average Bonchev–Trinajstić information content (AvgIpc) is 1.89. The van der Waals surface area contributed by atoms with Gasteiger partial charge in [0.1, 0.15) is 0 Å². The molecule has 1 fully saturated rings. The second kappa shape index (κ2) is 3.14. The quantitative estimate of drug-likeness (QED) is 0.467. The summed E-state index contributed by atoms with van der Waals surface area (Å²) >= 11 is 0. The minimum Gasteiger partial charge on any atom is -0.363 e. The molecule has 3 N–H and O–H groups in total. The van der Waals surface area contributed by atoms with Crippen molar-refractivity contribution in [3.63, 3.8) is 0 Å². The molecule has 0 aromatic rings. The molecule has 0 spiro atoms. The van der Waals surface area contributed by atoms with Crippen LogP contribution in [0.2, 0.25) is 0 Å². The zero-order valence-electron chi connectivity index (χ0n) is 6.06. The summed E-state index contributed by atoms with van der Waals surface area (Å²) in [4.78, 5) is 0. The predicted octanol–water partition coefficient (Wildman–Crippen LogP) is -0.209. The normalized spacial score (nSPS) is 24.1. The molecule has 3 nitrogen and oxygen atoms in total. The third-order valence-corrected chi connectivity index (χ3v) is 1.63. The van der Waals surface area contributed by atoms with Crippen LogP contribution in [0.3, 0.4) is 0 Å². The molecule has 10 heavy (non-hydrogen) atoms. The molecule has 0 unspecified atom stereocenters. The highest BCUT2D eigenvalue weighted by Gasteiger charge is 2.25. The summed E-state index contributed by atoms with van der Waals surface area (Å²) in [6, 6.07) is 0. The zero-order chi connectivity index (χ0) is 7.45. The second-order valence-corrected chi connectivity index (χ2v) is 2.56. The van der Waals surface area contributed by atoms with Crippen LogP contribution in [0.15, 0.2) is 12.7 Å². The van der Waals surface area contributed by atoms with Gasteiger partial charge in [0.15, 0.2) is 5.85 Å². The van der Waals surface area contributed by atoms with Crippen molar-refractivity contribution >= 4 is 0 Å². The Bertz CT molecular complexity index is 119. The maximum absolute atomic E-state index is 9.58. The molecule has 58 valence electrons. The van der Waals surface area contributed by atoms with Crippen molar-refractivity contribution < 1.29 is 5.11 Å². The molecule has 1 aliphatic rings. The monoisotopic (exact) mass is 142 g/mol. The van der Waals surface area contributed by atoms with E-state index in [1.165, 1.54) is 0 Å². The van der Waals surface area contributed by atoms with Crippen LogP contribution in [-0.4, -0.2) is 24.0 Å². The minimum absolute atomic E-state index is 0.549. The Labute approximate surface area is 61.1 Å². The van der Waals surface area contributed by atoms with Crippen molar-refractivity contribution in [2.45, 2.75) is 18.7 Å². The second-order valence-electron chi connectivity index (χ2n) is 2.56. The van der Waals surface area contributed by atoms with Gasteiger partial charge >= 0.3 is 0 Å². The van der Waals surface area contributed by atoms with Crippen LogP contribution in [0.25, 0.3) is 0 Å². The van der Waals surface area contributed by atoms with Gasteiger partial charge in [0, 0.05) is 19.5 Å². The van der Waals surface area contributed by atoms with E-state index in [0.717, 1.165) is 19.5 Å². The predicted molar refractivity (Wildman–Crippen MR) is 40.4 cm³/mol. The van der Waals surface area contributed by atoms with Gasteiger partial charge in [0.05, 0.1) is 0 Å². The van der Waals surface area contributed by atoms with Crippen LogP contribution < -0.4 is 10.6 Å². The first-order valence-electron chi connectivity index (χ1n) is 3.60. The summed E-state index contributed by atoms with van der Waals surface area (Å²) in [5.74, 6) is -0.889. The van der Waals surface area contributed by atoms with Gasteiger partial charge in [-0.3, -0.25) is 10.6 Å². The van der Waals surface area contributed by atoms with Gasteiger partial charge in [-0.15, -0.1) is 6.58 Å². The van der Waals surface area contributed by atoms with E-state index in [4.69, 9.17) is 0 Å². The molecule has 0 saturated carbocycles. The first-order valence-corrected chi connectivity index (χ1v) is 3.60. The Hall–Kier alpha value is -0.380. The largest absolute Gasteiger partial charge is 0.363 e. The van der Waals surface area contributed by atoms with Crippen LogP contribution in [0, 0.1) is 0 Å². The van der Waals surface area contributed by atoms with Crippen LogP contribution >= 0.6 is 0 Å². The summed E-state index contributed by atoms with van der Waals surface area (Å²) in [5, 5.41) is 15.5. The van der Waals surface area contributed by atoms with Gasteiger partial charge in [-0.2, -0.15) is 0 Å². The van der Waals surface area contributed by atoms with E-state index >= 15 is 0 Å².